The molecule has 0 saturated heterocycles. The molecule has 0 spiro atoms. The van der Waals surface area contributed by atoms with Crippen LogP contribution in [-0.2, 0) is 5.60 Å². The van der Waals surface area contributed by atoms with E-state index in [9.17, 15) is 5.11 Å². The Morgan fingerprint density at radius 2 is 2.00 bits per heavy atom. The van der Waals surface area contributed by atoms with Crippen LogP contribution in [0.3, 0.4) is 0 Å². The zero-order valence-corrected chi connectivity index (χ0v) is 11.4. The van der Waals surface area contributed by atoms with Gasteiger partial charge in [-0.15, -0.1) is 0 Å². The molecule has 0 amide bonds. The standard InChI is InChI=1S/C14H23NO2/c1-6-15-9-14(4,16)12-8-7-10(2)11(3)13(12)17-5/h7-8,15-16H,6,9H2,1-5H3. The van der Waals surface area contributed by atoms with Crippen molar-refractivity contribution >= 4 is 0 Å². The molecule has 0 aliphatic heterocycles. The van der Waals surface area contributed by atoms with E-state index in [0.717, 1.165) is 23.4 Å². The second-order valence-electron chi connectivity index (χ2n) is 4.64. The maximum Gasteiger partial charge on any atom is 0.128 e. The normalized spacial score (nSPS) is 14.5. The van der Waals surface area contributed by atoms with E-state index in [4.69, 9.17) is 4.74 Å². The van der Waals surface area contributed by atoms with Crippen LogP contribution < -0.4 is 10.1 Å². The summed E-state index contributed by atoms with van der Waals surface area (Å²) < 4.78 is 5.44. The molecule has 3 heteroatoms. The summed E-state index contributed by atoms with van der Waals surface area (Å²) in [5.74, 6) is 0.785. The molecule has 1 aromatic rings. The molecule has 2 N–H and O–H groups in total. The van der Waals surface area contributed by atoms with Crippen LogP contribution in [0.2, 0.25) is 0 Å². The number of ether oxygens (including phenoxy) is 1. The van der Waals surface area contributed by atoms with Crippen molar-refractivity contribution in [3.8, 4) is 5.75 Å². The molecule has 1 unspecified atom stereocenters. The molecule has 0 aromatic heterocycles. The van der Waals surface area contributed by atoms with Gasteiger partial charge in [0.1, 0.15) is 11.4 Å². The molecule has 0 radical (unpaired) electrons. The minimum Gasteiger partial charge on any atom is -0.496 e. The van der Waals surface area contributed by atoms with Crippen LogP contribution >= 0.6 is 0 Å². The molecule has 0 aliphatic carbocycles. The largest absolute Gasteiger partial charge is 0.496 e. The van der Waals surface area contributed by atoms with Gasteiger partial charge in [-0.3, -0.25) is 0 Å². The Balaban J connectivity index is 3.16. The number of hydrogen-bond donors (Lipinski definition) is 2. The second-order valence-corrected chi connectivity index (χ2v) is 4.64. The fraction of sp³-hybridized carbons (Fsp3) is 0.571. The first-order valence-electron chi connectivity index (χ1n) is 6.01. The fourth-order valence-electron chi connectivity index (χ4n) is 1.94. The number of methoxy groups -OCH3 is 1. The Kier molecular flexibility index (Phi) is 4.54. The number of rotatable bonds is 5. The lowest BCUT2D eigenvalue weighted by Crippen LogP contribution is -2.35. The predicted octanol–water partition coefficient (Wildman–Crippen LogP) is 2.13. The van der Waals surface area contributed by atoms with E-state index in [1.165, 1.54) is 5.56 Å². The van der Waals surface area contributed by atoms with Crippen LogP contribution in [-0.4, -0.2) is 25.3 Å². The summed E-state index contributed by atoms with van der Waals surface area (Å²) in [4.78, 5) is 0. The van der Waals surface area contributed by atoms with Crippen molar-refractivity contribution in [2.75, 3.05) is 20.2 Å². The van der Waals surface area contributed by atoms with Gasteiger partial charge in [-0.1, -0.05) is 19.1 Å². The summed E-state index contributed by atoms with van der Waals surface area (Å²) >= 11 is 0. The zero-order valence-electron chi connectivity index (χ0n) is 11.4. The van der Waals surface area contributed by atoms with E-state index in [1.807, 2.05) is 39.8 Å². The van der Waals surface area contributed by atoms with E-state index in [-0.39, 0.29) is 0 Å². The fourth-order valence-corrected chi connectivity index (χ4v) is 1.94. The first-order valence-corrected chi connectivity index (χ1v) is 6.01. The Bertz CT molecular complexity index is 386. The van der Waals surface area contributed by atoms with E-state index in [0.29, 0.717) is 6.54 Å². The smallest absolute Gasteiger partial charge is 0.128 e. The molecule has 0 heterocycles. The van der Waals surface area contributed by atoms with Crippen LogP contribution in [0.5, 0.6) is 5.75 Å². The van der Waals surface area contributed by atoms with Crippen LogP contribution in [0.25, 0.3) is 0 Å². The third-order valence-electron chi connectivity index (χ3n) is 3.18. The molecular formula is C14H23NO2. The molecule has 1 atom stereocenters. The molecule has 96 valence electrons. The maximum absolute atomic E-state index is 10.5. The van der Waals surface area contributed by atoms with Gasteiger partial charge < -0.3 is 15.2 Å². The van der Waals surface area contributed by atoms with Crippen molar-refractivity contribution in [3.05, 3.63) is 28.8 Å². The van der Waals surface area contributed by atoms with Gasteiger partial charge in [-0.05, 0) is 38.4 Å². The Morgan fingerprint density at radius 3 is 2.53 bits per heavy atom. The molecule has 1 rings (SSSR count). The number of nitrogens with one attached hydrogen (secondary N) is 1. The van der Waals surface area contributed by atoms with Crippen LogP contribution in [0.4, 0.5) is 0 Å². The molecule has 0 aliphatic rings. The maximum atomic E-state index is 10.5. The third kappa shape index (κ3) is 2.99. The number of benzene rings is 1. The van der Waals surface area contributed by atoms with E-state index < -0.39 is 5.60 Å². The summed E-state index contributed by atoms with van der Waals surface area (Å²) in [5, 5.41) is 13.7. The average Bonchev–Trinajstić information content (AvgIpc) is 2.29. The number of likely N-dealkylation sites (N-methyl/N-ethyl adjacent to an activating group) is 1. The Hall–Kier alpha value is -1.06. The molecule has 1 aromatic carbocycles. The van der Waals surface area contributed by atoms with Gasteiger partial charge in [0.15, 0.2) is 0 Å². The highest BCUT2D eigenvalue weighted by Crippen LogP contribution is 2.33. The van der Waals surface area contributed by atoms with Crippen molar-refractivity contribution in [1.29, 1.82) is 0 Å². The van der Waals surface area contributed by atoms with Crippen molar-refractivity contribution in [1.82, 2.24) is 5.32 Å². The minimum absolute atomic E-state index is 0.516. The quantitative estimate of drug-likeness (QED) is 0.824. The molecule has 0 saturated carbocycles. The first-order chi connectivity index (χ1) is 7.94. The molecule has 17 heavy (non-hydrogen) atoms. The van der Waals surface area contributed by atoms with Gasteiger partial charge in [0.05, 0.1) is 7.11 Å². The van der Waals surface area contributed by atoms with Crippen LogP contribution in [0.15, 0.2) is 12.1 Å². The van der Waals surface area contributed by atoms with E-state index in [2.05, 4.69) is 5.32 Å². The summed E-state index contributed by atoms with van der Waals surface area (Å²) in [6.07, 6.45) is 0. The number of hydrogen-bond acceptors (Lipinski definition) is 3. The van der Waals surface area contributed by atoms with Crippen molar-refractivity contribution in [2.45, 2.75) is 33.3 Å². The lowest BCUT2D eigenvalue weighted by atomic mass is 9.91. The van der Waals surface area contributed by atoms with Gasteiger partial charge in [0.2, 0.25) is 0 Å². The van der Waals surface area contributed by atoms with E-state index in [1.54, 1.807) is 7.11 Å². The summed E-state index contributed by atoms with van der Waals surface area (Å²) in [6, 6.07) is 3.96. The topological polar surface area (TPSA) is 41.5 Å². The van der Waals surface area contributed by atoms with Crippen molar-refractivity contribution in [3.63, 3.8) is 0 Å². The summed E-state index contributed by atoms with van der Waals surface area (Å²) in [7, 11) is 1.65. The average molecular weight is 237 g/mol. The van der Waals surface area contributed by atoms with Gasteiger partial charge in [0, 0.05) is 12.1 Å². The second kappa shape index (κ2) is 5.52. The zero-order chi connectivity index (χ0) is 13.1. The number of aliphatic hydroxyl groups is 1. The number of aryl methyl sites for hydroxylation is 1. The predicted molar refractivity (Wildman–Crippen MR) is 70.6 cm³/mol. The van der Waals surface area contributed by atoms with Crippen LogP contribution in [0.1, 0.15) is 30.5 Å². The Morgan fingerprint density at radius 1 is 1.35 bits per heavy atom. The monoisotopic (exact) mass is 237 g/mol. The molecule has 3 nitrogen and oxygen atoms in total. The van der Waals surface area contributed by atoms with Crippen molar-refractivity contribution < 1.29 is 9.84 Å². The van der Waals surface area contributed by atoms with E-state index >= 15 is 0 Å². The highest BCUT2D eigenvalue weighted by molar-refractivity contribution is 5.47. The minimum atomic E-state index is -0.917. The van der Waals surface area contributed by atoms with Gasteiger partial charge >= 0.3 is 0 Å². The lowest BCUT2D eigenvalue weighted by molar-refractivity contribution is 0.0549. The molecule has 0 bridgehead atoms. The third-order valence-corrected chi connectivity index (χ3v) is 3.18. The lowest BCUT2D eigenvalue weighted by Gasteiger charge is -2.27. The highest BCUT2D eigenvalue weighted by Gasteiger charge is 2.27. The van der Waals surface area contributed by atoms with Gasteiger partial charge in [-0.2, -0.15) is 0 Å². The van der Waals surface area contributed by atoms with Crippen molar-refractivity contribution in [2.24, 2.45) is 0 Å². The molecule has 0 fully saturated rings. The van der Waals surface area contributed by atoms with Gasteiger partial charge in [-0.25, -0.2) is 0 Å². The Labute approximate surface area is 104 Å². The SMILES string of the molecule is CCNCC(C)(O)c1ccc(C)c(C)c1OC. The summed E-state index contributed by atoms with van der Waals surface area (Å²) in [6.45, 7) is 9.24. The highest BCUT2D eigenvalue weighted by atomic mass is 16.5. The van der Waals surface area contributed by atoms with Gasteiger partial charge in [0.25, 0.3) is 0 Å². The summed E-state index contributed by atoms with van der Waals surface area (Å²) in [5.41, 5.74) is 2.18. The first kappa shape index (κ1) is 14.0. The van der Waals surface area contributed by atoms with Crippen LogP contribution in [0, 0.1) is 13.8 Å². The molecular weight excluding hydrogens is 214 g/mol.